The molecule has 19 heavy (non-hydrogen) atoms. The minimum Gasteiger partial charge on any atom is -0.508 e. The summed E-state index contributed by atoms with van der Waals surface area (Å²) >= 11 is 0. The van der Waals surface area contributed by atoms with E-state index in [2.05, 4.69) is 5.32 Å². The zero-order valence-corrected chi connectivity index (χ0v) is 9.89. The van der Waals surface area contributed by atoms with E-state index in [1.807, 2.05) is 6.07 Å². The second-order valence-electron chi connectivity index (χ2n) is 3.45. The molecular weight excluding hydrogens is 242 g/mol. The Labute approximate surface area is 109 Å². The van der Waals surface area contributed by atoms with Gasteiger partial charge in [-0.15, -0.1) is 0 Å². The molecular formula is C13H7N5O. The maximum atomic E-state index is 9.58. The minimum atomic E-state index is -0.394. The molecule has 6 nitrogen and oxygen atoms in total. The molecule has 0 aliphatic heterocycles. The van der Waals surface area contributed by atoms with Crippen LogP contribution in [-0.4, -0.2) is 5.11 Å². The van der Waals surface area contributed by atoms with Crippen LogP contribution in [0.25, 0.3) is 0 Å². The molecule has 0 aliphatic carbocycles. The number of nitriles is 4. The average molecular weight is 249 g/mol. The van der Waals surface area contributed by atoms with Crippen molar-refractivity contribution in [2.75, 3.05) is 5.32 Å². The third-order valence-electron chi connectivity index (χ3n) is 2.39. The number of benzene rings is 1. The lowest BCUT2D eigenvalue weighted by Crippen LogP contribution is -2.04. The second kappa shape index (κ2) is 5.73. The summed E-state index contributed by atoms with van der Waals surface area (Å²) in [6.07, 6.45) is 0. The summed E-state index contributed by atoms with van der Waals surface area (Å²) < 4.78 is 0. The first kappa shape index (κ1) is 13.6. The number of aromatic hydroxyl groups is 1. The molecule has 1 rings (SSSR count). The van der Waals surface area contributed by atoms with Gasteiger partial charge >= 0.3 is 0 Å². The monoisotopic (exact) mass is 249 g/mol. The second-order valence-corrected chi connectivity index (χ2v) is 3.45. The molecule has 0 amide bonds. The number of anilines is 1. The largest absolute Gasteiger partial charge is 0.508 e. The Kier molecular flexibility index (Phi) is 4.10. The molecule has 90 valence electrons. The zero-order chi connectivity index (χ0) is 14.4. The highest BCUT2D eigenvalue weighted by atomic mass is 16.3. The molecule has 0 saturated carbocycles. The lowest BCUT2D eigenvalue weighted by Gasteiger charge is -2.11. The number of nitrogens with zero attached hydrogens (tertiary/aromatic N) is 4. The summed E-state index contributed by atoms with van der Waals surface area (Å²) in [5.74, 6) is -0.0609. The Bertz CT molecular complexity index is 704. The molecule has 2 N–H and O–H groups in total. The van der Waals surface area contributed by atoms with Crippen molar-refractivity contribution in [3.63, 3.8) is 0 Å². The van der Waals surface area contributed by atoms with Gasteiger partial charge < -0.3 is 10.4 Å². The van der Waals surface area contributed by atoms with Crippen LogP contribution in [0.1, 0.15) is 11.1 Å². The number of phenols is 1. The molecule has 0 aromatic heterocycles. The van der Waals surface area contributed by atoms with Crippen LogP contribution in [0.4, 0.5) is 5.69 Å². The molecule has 6 heteroatoms. The van der Waals surface area contributed by atoms with Crippen molar-refractivity contribution in [1.29, 1.82) is 21.0 Å². The van der Waals surface area contributed by atoms with Crippen molar-refractivity contribution in [3.8, 4) is 30.0 Å². The van der Waals surface area contributed by atoms with Gasteiger partial charge in [-0.05, 0) is 19.1 Å². The van der Waals surface area contributed by atoms with Crippen LogP contribution in [0.15, 0.2) is 23.4 Å². The van der Waals surface area contributed by atoms with E-state index in [0.717, 1.165) is 0 Å². The first-order valence-corrected chi connectivity index (χ1v) is 5.03. The van der Waals surface area contributed by atoms with E-state index in [9.17, 15) is 5.11 Å². The third-order valence-corrected chi connectivity index (χ3v) is 2.39. The van der Waals surface area contributed by atoms with Crippen molar-refractivity contribution in [3.05, 3.63) is 34.5 Å². The number of rotatable bonds is 2. The van der Waals surface area contributed by atoms with Crippen LogP contribution >= 0.6 is 0 Å². The van der Waals surface area contributed by atoms with Gasteiger partial charge in [-0.1, -0.05) is 0 Å². The number of allylic oxidation sites excluding steroid dienone is 2. The van der Waals surface area contributed by atoms with Gasteiger partial charge in [0.2, 0.25) is 0 Å². The van der Waals surface area contributed by atoms with Gasteiger partial charge in [0.1, 0.15) is 35.7 Å². The molecule has 0 fully saturated rings. The molecule has 0 bridgehead atoms. The Hall–Kier alpha value is -3.48. The molecule has 0 unspecified atom stereocenters. The lowest BCUT2D eigenvalue weighted by atomic mass is 10.1. The SMILES string of the molecule is Cc1c(O)ccc(C#N)c1NC(C#N)=C(C#N)C#N. The predicted octanol–water partition coefficient (Wildman–Crippen LogP) is 1.81. The maximum absolute atomic E-state index is 9.58. The number of hydrogen-bond acceptors (Lipinski definition) is 6. The summed E-state index contributed by atoms with van der Waals surface area (Å²) in [4.78, 5) is 0. The van der Waals surface area contributed by atoms with E-state index < -0.39 is 5.57 Å². The van der Waals surface area contributed by atoms with Gasteiger partial charge in [0.15, 0.2) is 5.57 Å². The molecule has 0 spiro atoms. The fourth-order valence-corrected chi connectivity index (χ4v) is 1.36. The Morgan fingerprint density at radius 1 is 1.11 bits per heavy atom. The van der Waals surface area contributed by atoms with Gasteiger partial charge in [-0.2, -0.15) is 21.0 Å². The zero-order valence-electron chi connectivity index (χ0n) is 9.89. The molecule has 0 saturated heterocycles. The summed E-state index contributed by atoms with van der Waals surface area (Å²) in [5.41, 5.74) is 0.0756. The summed E-state index contributed by atoms with van der Waals surface area (Å²) in [7, 11) is 0. The van der Waals surface area contributed by atoms with Crippen molar-refractivity contribution in [1.82, 2.24) is 0 Å². The van der Waals surface area contributed by atoms with Crippen LogP contribution in [0.2, 0.25) is 0 Å². The van der Waals surface area contributed by atoms with Gasteiger partial charge in [0, 0.05) is 5.56 Å². The summed E-state index contributed by atoms with van der Waals surface area (Å²) in [6, 6.07) is 9.47. The van der Waals surface area contributed by atoms with Crippen LogP contribution in [0.5, 0.6) is 5.75 Å². The van der Waals surface area contributed by atoms with Crippen molar-refractivity contribution >= 4 is 5.69 Å². The normalized spacial score (nSPS) is 8.26. The van der Waals surface area contributed by atoms with E-state index >= 15 is 0 Å². The van der Waals surface area contributed by atoms with Crippen molar-refractivity contribution in [2.45, 2.75) is 6.92 Å². The molecule has 1 aromatic carbocycles. The summed E-state index contributed by atoms with van der Waals surface area (Å²) in [5, 5.41) is 47.5. The predicted molar refractivity (Wildman–Crippen MR) is 65.0 cm³/mol. The van der Waals surface area contributed by atoms with Gasteiger partial charge in [-0.25, -0.2) is 0 Å². The minimum absolute atomic E-state index is 0.0609. The van der Waals surface area contributed by atoms with Crippen LogP contribution in [-0.2, 0) is 0 Å². The van der Waals surface area contributed by atoms with Crippen LogP contribution in [0.3, 0.4) is 0 Å². The van der Waals surface area contributed by atoms with Crippen molar-refractivity contribution < 1.29 is 5.11 Å². The summed E-state index contributed by atoms with van der Waals surface area (Å²) in [6.45, 7) is 1.55. The number of phenolic OH excluding ortho intramolecular Hbond substituents is 1. The van der Waals surface area contributed by atoms with Crippen molar-refractivity contribution in [2.24, 2.45) is 0 Å². The molecule has 0 radical (unpaired) electrons. The van der Waals surface area contributed by atoms with E-state index in [1.165, 1.54) is 12.1 Å². The topological polar surface area (TPSA) is 127 Å². The molecule has 0 aliphatic rings. The molecule has 0 heterocycles. The fourth-order valence-electron chi connectivity index (χ4n) is 1.36. The van der Waals surface area contributed by atoms with Crippen LogP contribution in [0, 0.1) is 52.2 Å². The van der Waals surface area contributed by atoms with Gasteiger partial charge in [0.05, 0.1) is 11.3 Å². The Balaban J connectivity index is 3.45. The first-order chi connectivity index (χ1) is 9.08. The standard InChI is InChI=1S/C13H7N5O/c1-8-12(19)3-2-9(4-14)13(8)18-11(7-17)10(5-15)6-16/h2-3,18-19H,1H3. The maximum Gasteiger partial charge on any atom is 0.163 e. The number of hydrogen-bond donors (Lipinski definition) is 2. The Morgan fingerprint density at radius 3 is 2.21 bits per heavy atom. The van der Waals surface area contributed by atoms with Crippen LogP contribution < -0.4 is 5.32 Å². The smallest absolute Gasteiger partial charge is 0.163 e. The highest BCUT2D eigenvalue weighted by molar-refractivity contribution is 5.70. The quantitative estimate of drug-likeness (QED) is 0.769. The van der Waals surface area contributed by atoms with E-state index in [-0.39, 0.29) is 22.7 Å². The van der Waals surface area contributed by atoms with E-state index in [1.54, 1.807) is 25.1 Å². The first-order valence-electron chi connectivity index (χ1n) is 5.03. The lowest BCUT2D eigenvalue weighted by molar-refractivity contribution is 0.471. The average Bonchev–Trinajstić information content (AvgIpc) is 2.43. The molecule has 1 aromatic rings. The fraction of sp³-hybridized carbons (Fsp3) is 0.0769. The number of nitrogens with one attached hydrogen (secondary N) is 1. The van der Waals surface area contributed by atoms with Gasteiger partial charge in [0.25, 0.3) is 0 Å². The van der Waals surface area contributed by atoms with E-state index in [4.69, 9.17) is 21.0 Å². The van der Waals surface area contributed by atoms with Gasteiger partial charge in [-0.3, -0.25) is 0 Å². The highest BCUT2D eigenvalue weighted by Crippen LogP contribution is 2.29. The molecule has 0 atom stereocenters. The Morgan fingerprint density at radius 2 is 1.74 bits per heavy atom. The third kappa shape index (κ3) is 2.61. The highest BCUT2D eigenvalue weighted by Gasteiger charge is 2.13. The van der Waals surface area contributed by atoms with E-state index in [0.29, 0.717) is 5.56 Å².